The standard InChI is InChI=1S/C17H22N2O4/c1-21-15-7-5-12(16(22-2)17(15)23-3)13-10-11(19-8-9-20)4-6-14(13)18/h4-7,10,19-20H,8-9,18H2,1-3H3. The Balaban J connectivity index is 2.57. The van der Waals surface area contributed by atoms with Crippen LogP contribution in [-0.4, -0.2) is 39.6 Å². The second-order valence-corrected chi connectivity index (χ2v) is 4.83. The largest absolute Gasteiger partial charge is 0.493 e. The summed E-state index contributed by atoms with van der Waals surface area (Å²) in [5, 5.41) is 12.1. The Labute approximate surface area is 135 Å². The smallest absolute Gasteiger partial charge is 0.203 e. The third kappa shape index (κ3) is 3.43. The van der Waals surface area contributed by atoms with Gasteiger partial charge in [0.1, 0.15) is 0 Å². The van der Waals surface area contributed by atoms with Crippen LogP contribution in [0.4, 0.5) is 11.4 Å². The van der Waals surface area contributed by atoms with E-state index in [0.29, 0.717) is 29.5 Å². The Kier molecular flexibility index (Phi) is 5.54. The topological polar surface area (TPSA) is 86.0 Å². The Morgan fingerprint density at radius 3 is 2.30 bits per heavy atom. The Morgan fingerprint density at radius 1 is 0.957 bits per heavy atom. The van der Waals surface area contributed by atoms with E-state index in [1.165, 1.54) is 0 Å². The van der Waals surface area contributed by atoms with Crippen LogP contribution in [0.15, 0.2) is 30.3 Å². The van der Waals surface area contributed by atoms with Gasteiger partial charge >= 0.3 is 0 Å². The van der Waals surface area contributed by atoms with Crippen molar-refractivity contribution in [3.05, 3.63) is 30.3 Å². The van der Waals surface area contributed by atoms with Crippen LogP contribution in [-0.2, 0) is 0 Å². The first-order chi connectivity index (χ1) is 11.2. The van der Waals surface area contributed by atoms with Crippen LogP contribution in [0.3, 0.4) is 0 Å². The molecule has 0 radical (unpaired) electrons. The molecule has 0 fully saturated rings. The molecule has 0 heterocycles. The number of methoxy groups -OCH3 is 3. The molecule has 0 saturated carbocycles. The van der Waals surface area contributed by atoms with Crippen LogP contribution in [0.2, 0.25) is 0 Å². The molecule has 0 spiro atoms. The molecule has 124 valence electrons. The third-order valence-corrected chi connectivity index (χ3v) is 3.49. The van der Waals surface area contributed by atoms with E-state index in [9.17, 15) is 0 Å². The van der Waals surface area contributed by atoms with Crippen molar-refractivity contribution in [1.29, 1.82) is 0 Å². The van der Waals surface area contributed by atoms with Gasteiger partial charge < -0.3 is 30.4 Å². The number of nitrogens with one attached hydrogen (secondary N) is 1. The molecule has 4 N–H and O–H groups in total. The minimum atomic E-state index is 0.0549. The number of hydrogen-bond donors (Lipinski definition) is 3. The molecule has 23 heavy (non-hydrogen) atoms. The van der Waals surface area contributed by atoms with E-state index in [1.54, 1.807) is 21.3 Å². The number of anilines is 2. The van der Waals surface area contributed by atoms with Crippen LogP contribution in [0.1, 0.15) is 0 Å². The Morgan fingerprint density at radius 2 is 1.70 bits per heavy atom. The van der Waals surface area contributed by atoms with E-state index in [1.807, 2.05) is 30.3 Å². The summed E-state index contributed by atoms with van der Waals surface area (Å²) in [7, 11) is 4.71. The lowest BCUT2D eigenvalue weighted by Crippen LogP contribution is -2.06. The van der Waals surface area contributed by atoms with Gasteiger partial charge in [-0.05, 0) is 30.3 Å². The van der Waals surface area contributed by atoms with Gasteiger partial charge in [-0.2, -0.15) is 0 Å². The van der Waals surface area contributed by atoms with Gasteiger partial charge in [-0.15, -0.1) is 0 Å². The highest BCUT2D eigenvalue weighted by Gasteiger charge is 2.18. The van der Waals surface area contributed by atoms with Gasteiger partial charge in [0, 0.05) is 29.0 Å². The van der Waals surface area contributed by atoms with E-state index in [0.717, 1.165) is 16.8 Å². The van der Waals surface area contributed by atoms with E-state index in [2.05, 4.69) is 5.32 Å². The van der Waals surface area contributed by atoms with Crippen molar-refractivity contribution >= 4 is 11.4 Å². The predicted molar refractivity (Wildman–Crippen MR) is 91.5 cm³/mol. The number of nitrogens with two attached hydrogens (primary N) is 1. The number of rotatable bonds is 7. The zero-order valence-electron chi connectivity index (χ0n) is 13.6. The molecule has 2 aromatic rings. The molecule has 0 unspecified atom stereocenters. The van der Waals surface area contributed by atoms with Gasteiger partial charge in [0.2, 0.25) is 5.75 Å². The maximum atomic E-state index is 8.94. The van der Waals surface area contributed by atoms with Gasteiger partial charge in [0.25, 0.3) is 0 Å². The molecule has 0 aliphatic carbocycles. The molecule has 2 aromatic carbocycles. The molecule has 0 amide bonds. The minimum Gasteiger partial charge on any atom is -0.493 e. The van der Waals surface area contributed by atoms with E-state index < -0.39 is 0 Å². The van der Waals surface area contributed by atoms with Gasteiger partial charge in [0.05, 0.1) is 27.9 Å². The number of aliphatic hydroxyl groups excluding tert-OH is 1. The molecule has 2 rings (SSSR count). The highest BCUT2D eigenvalue weighted by Crippen LogP contribution is 2.45. The van der Waals surface area contributed by atoms with Crippen molar-refractivity contribution in [2.75, 3.05) is 45.5 Å². The number of ether oxygens (including phenoxy) is 3. The third-order valence-electron chi connectivity index (χ3n) is 3.49. The van der Waals surface area contributed by atoms with Crippen LogP contribution < -0.4 is 25.3 Å². The molecule has 6 nitrogen and oxygen atoms in total. The molecule has 0 aliphatic rings. The highest BCUT2D eigenvalue weighted by atomic mass is 16.5. The van der Waals surface area contributed by atoms with Gasteiger partial charge in [-0.3, -0.25) is 0 Å². The van der Waals surface area contributed by atoms with Crippen molar-refractivity contribution < 1.29 is 19.3 Å². The highest BCUT2D eigenvalue weighted by molar-refractivity contribution is 5.85. The lowest BCUT2D eigenvalue weighted by molar-refractivity contribution is 0.311. The maximum Gasteiger partial charge on any atom is 0.203 e. The Hall–Kier alpha value is -2.60. The van der Waals surface area contributed by atoms with E-state index >= 15 is 0 Å². The first-order valence-corrected chi connectivity index (χ1v) is 7.19. The summed E-state index contributed by atoms with van der Waals surface area (Å²) in [5.41, 5.74) is 9.22. The fourth-order valence-corrected chi connectivity index (χ4v) is 2.41. The lowest BCUT2D eigenvalue weighted by Gasteiger charge is -2.17. The van der Waals surface area contributed by atoms with Crippen molar-refractivity contribution in [3.63, 3.8) is 0 Å². The monoisotopic (exact) mass is 318 g/mol. The molecule has 0 aliphatic heterocycles. The SMILES string of the molecule is COc1ccc(-c2cc(NCCO)ccc2N)c(OC)c1OC. The average molecular weight is 318 g/mol. The molecule has 0 bridgehead atoms. The quantitative estimate of drug-likeness (QED) is 0.680. The number of nitrogen functional groups attached to an aromatic ring is 1. The average Bonchev–Trinajstić information content (AvgIpc) is 2.59. The second-order valence-electron chi connectivity index (χ2n) is 4.83. The minimum absolute atomic E-state index is 0.0549. The summed E-state index contributed by atoms with van der Waals surface area (Å²) in [5.74, 6) is 1.65. The molecular formula is C17H22N2O4. The zero-order chi connectivity index (χ0) is 16.8. The van der Waals surface area contributed by atoms with Crippen LogP contribution in [0.25, 0.3) is 11.1 Å². The summed E-state index contributed by atoms with van der Waals surface area (Å²) in [4.78, 5) is 0. The first-order valence-electron chi connectivity index (χ1n) is 7.19. The fraction of sp³-hybridized carbons (Fsp3) is 0.294. The lowest BCUT2D eigenvalue weighted by atomic mass is 10.0. The Bertz CT molecular complexity index is 674. The normalized spacial score (nSPS) is 10.3. The number of benzene rings is 2. The summed E-state index contributed by atoms with van der Waals surface area (Å²) in [6.07, 6.45) is 0. The zero-order valence-corrected chi connectivity index (χ0v) is 13.6. The van der Waals surface area contributed by atoms with Crippen molar-refractivity contribution in [3.8, 4) is 28.4 Å². The number of hydrogen-bond acceptors (Lipinski definition) is 6. The predicted octanol–water partition coefficient (Wildman–Crippen LogP) is 2.37. The van der Waals surface area contributed by atoms with Gasteiger partial charge in [-0.25, -0.2) is 0 Å². The summed E-state index contributed by atoms with van der Waals surface area (Å²) >= 11 is 0. The van der Waals surface area contributed by atoms with Crippen LogP contribution >= 0.6 is 0 Å². The summed E-state index contributed by atoms with van der Waals surface area (Å²) in [6, 6.07) is 9.27. The summed E-state index contributed by atoms with van der Waals surface area (Å²) in [6.45, 7) is 0.520. The molecule has 0 aromatic heterocycles. The van der Waals surface area contributed by atoms with E-state index in [-0.39, 0.29) is 6.61 Å². The molecule has 6 heteroatoms. The van der Waals surface area contributed by atoms with Gasteiger partial charge in [0.15, 0.2) is 11.5 Å². The van der Waals surface area contributed by atoms with Crippen molar-refractivity contribution in [2.45, 2.75) is 0 Å². The van der Waals surface area contributed by atoms with Gasteiger partial charge in [-0.1, -0.05) is 0 Å². The van der Waals surface area contributed by atoms with E-state index in [4.69, 9.17) is 25.1 Å². The fourth-order valence-electron chi connectivity index (χ4n) is 2.41. The van der Waals surface area contributed by atoms with Crippen LogP contribution in [0.5, 0.6) is 17.2 Å². The van der Waals surface area contributed by atoms with Crippen molar-refractivity contribution in [1.82, 2.24) is 0 Å². The second kappa shape index (κ2) is 7.60. The maximum absolute atomic E-state index is 8.94. The molecule has 0 saturated heterocycles. The number of aliphatic hydroxyl groups is 1. The molecular weight excluding hydrogens is 296 g/mol. The van der Waals surface area contributed by atoms with Crippen LogP contribution in [0, 0.1) is 0 Å². The summed E-state index contributed by atoms with van der Waals surface area (Å²) < 4.78 is 16.2. The molecule has 0 atom stereocenters. The van der Waals surface area contributed by atoms with Crippen molar-refractivity contribution in [2.24, 2.45) is 0 Å². The first kappa shape index (κ1) is 16.8.